The molecule has 0 fully saturated rings. The maximum absolute atomic E-state index is 5.97. The summed E-state index contributed by atoms with van der Waals surface area (Å²) in [5.41, 5.74) is 9.49. The van der Waals surface area contributed by atoms with Crippen LogP contribution in [0.15, 0.2) is 65.0 Å². The molecule has 3 rings (SSSR count). The highest BCUT2D eigenvalue weighted by Gasteiger charge is 2.03. The standard InChI is InChI=1S/C22H26N4OS/c1-27-20-10-7-18(8-11-20)13-14-24-22(23)25-15-19-16-28-21(26-19)12-9-17-5-3-2-4-6-17/h2-8,10-11,16H,9,12-15H2,1H3,(H3,23,24,25). The van der Waals surface area contributed by atoms with Crippen LogP contribution in [-0.2, 0) is 25.8 Å². The molecule has 28 heavy (non-hydrogen) atoms. The van der Waals surface area contributed by atoms with E-state index in [9.17, 15) is 0 Å². The van der Waals surface area contributed by atoms with Crippen molar-refractivity contribution in [2.75, 3.05) is 13.7 Å². The van der Waals surface area contributed by atoms with Crippen molar-refractivity contribution in [3.63, 3.8) is 0 Å². The van der Waals surface area contributed by atoms with Crippen molar-refractivity contribution in [2.24, 2.45) is 10.7 Å². The van der Waals surface area contributed by atoms with Crippen molar-refractivity contribution in [3.05, 3.63) is 81.8 Å². The Morgan fingerprint density at radius 2 is 1.79 bits per heavy atom. The summed E-state index contributed by atoms with van der Waals surface area (Å²) in [5, 5.41) is 6.36. The van der Waals surface area contributed by atoms with Crippen molar-refractivity contribution in [1.29, 1.82) is 0 Å². The summed E-state index contributed by atoms with van der Waals surface area (Å²) in [7, 11) is 1.67. The lowest BCUT2D eigenvalue weighted by atomic mass is 10.1. The van der Waals surface area contributed by atoms with E-state index in [2.05, 4.69) is 57.1 Å². The van der Waals surface area contributed by atoms with Gasteiger partial charge >= 0.3 is 0 Å². The number of benzene rings is 2. The summed E-state index contributed by atoms with van der Waals surface area (Å²) in [6, 6.07) is 18.5. The van der Waals surface area contributed by atoms with Gasteiger partial charge in [-0.25, -0.2) is 9.98 Å². The van der Waals surface area contributed by atoms with Gasteiger partial charge in [0.25, 0.3) is 0 Å². The van der Waals surface area contributed by atoms with E-state index in [4.69, 9.17) is 10.5 Å². The molecule has 146 valence electrons. The number of rotatable bonds is 9. The quantitative estimate of drug-likeness (QED) is 0.430. The zero-order valence-electron chi connectivity index (χ0n) is 16.1. The number of methoxy groups -OCH3 is 1. The molecule has 0 spiro atoms. The summed E-state index contributed by atoms with van der Waals surface area (Å²) in [6.45, 7) is 1.24. The second-order valence-electron chi connectivity index (χ2n) is 6.44. The monoisotopic (exact) mass is 394 g/mol. The van der Waals surface area contributed by atoms with Gasteiger partial charge in [-0.1, -0.05) is 42.5 Å². The number of ether oxygens (including phenoxy) is 1. The molecule has 0 saturated heterocycles. The number of hydrogen-bond donors (Lipinski definition) is 2. The van der Waals surface area contributed by atoms with E-state index < -0.39 is 0 Å². The SMILES string of the molecule is COc1ccc(CCNC(N)=NCc2csc(CCc3ccccc3)n2)cc1. The van der Waals surface area contributed by atoms with E-state index in [1.807, 2.05) is 18.2 Å². The van der Waals surface area contributed by atoms with E-state index in [1.54, 1.807) is 18.4 Å². The van der Waals surface area contributed by atoms with Crippen LogP contribution in [0.5, 0.6) is 5.75 Å². The number of nitrogens with one attached hydrogen (secondary N) is 1. The minimum atomic E-state index is 0.451. The Hall–Kier alpha value is -2.86. The van der Waals surface area contributed by atoms with E-state index in [0.717, 1.165) is 42.3 Å². The molecule has 0 amide bonds. The third-order valence-electron chi connectivity index (χ3n) is 4.36. The largest absolute Gasteiger partial charge is 0.497 e. The second kappa shape index (κ2) is 10.5. The van der Waals surface area contributed by atoms with Gasteiger partial charge in [-0.3, -0.25) is 0 Å². The zero-order chi connectivity index (χ0) is 19.6. The predicted molar refractivity (Wildman–Crippen MR) is 116 cm³/mol. The van der Waals surface area contributed by atoms with Crippen LogP contribution >= 0.6 is 11.3 Å². The molecular weight excluding hydrogens is 368 g/mol. The normalized spacial score (nSPS) is 11.4. The zero-order valence-corrected chi connectivity index (χ0v) is 16.9. The van der Waals surface area contributed by atoms with Gasteiger partial charge < -0.3 is 15.8 Å². The first kappa shape index (κ1) is 19.9. The predicted octanol–water partition coefficient (Wildman–Crippen LogP) is 3.58. The highest BCUT2D eigenvalue weighted by Crippen LogP contribution is 2.14. The molecule has 0 aliphatic rings. The number of aryl methyl sites for hydroxylation is 2. The minimum absolute atomic E-state index is 0.451. The number of nitrogens with two attached hydrogens (primary N) is 1. The fourth-order valence-corrected chi connectivity index (χ4v) is 3.57. The van der Waals surface area contributed by atoms with Crippen LogP contribution in [0.25, 0.3) is 0 Å². The van der Waals surface area contributed by atoms with Gasteiger partial charge in [0.15, 0.2) is 5.96 Å². The van der Waals surface area contributed by atoms with Gasteiger partial charge in [-0.15, -0.1) is 11.3 Å². The molecule has 0 radical (unpaired) electrons. The van der Waals surface area contributed by atoms with Crippen molar-refractivity contribution < 1.29 is 4.74 Å². The molecule has 1 heterocycles. The smallest absolute Gasteiger partial charge is 0.188 e. The second-order valence-corrected chi connectivity index (χ2v) is 7.39. The number of nitrogens with zero attached hydrogens (tertiary/aromatic N) is 2. The van der Waals surface area contributed by atoms with Crippen LogP contribution in [0.3, 0.4) is 0 Å². The Bertz CT molecular complexity index is 875. The van der Waals surface area contributed by atoms with Crippen LogP contribution in [0.4, 0.5) is 0 Å². The van der Waals surface area contributed by atoms with E-state index in [-0.39, 0.29) is 0 Å². The van der Waals surface area contributed by atoms with Crippen LogP contribution in [-0.4, -0.2) is 24.6 Å². The van der Waals surface area contributed by atoms with Crippen LogP contribution < -0.4 is 15.8 Å². The first-order valence-electron chi connectivity index (χ1n) is 9.37. The minimum Gasteiger partial charge on any atom is -0.497 e. The van der Waals surface area contributed by atoms with E-state index >= 15 is 0 Å². The van der Waals surface area contributed by atoms with Crippen molar-refractivity contribution in [3.8, 4) is 5.75 Å². The van der Waals surface area contributed by atoms with Crippen molar-refractivity contribution in [2.45, 2.75) is 25.8 Å². The number of aliphatic imine (C=N–C) groups is 1. The third kappa shape index (κ3) is 6.39. The molecule has 2 aromatic carbocycles. The highest BCUT2D eigenvalue weighted by atomic mass is 32.1. The summed E-state index contributed by atoms with van der Waals surface area (Å²) in [4.78, 5) is 9.05. The summed E-state index contributed by atoms with van der Waals surface area (Å²) < 4.78 is 5.17. The van der Waals surface area contributed by atoms with Crippen LogP contribution in [0.1, 0.15) is 21.8 Å². The fraction of sp³-hybridized carbons (Fsp3) is 0.273. The molecule has 0 aliphatic carbocycles. The van der Waals surface area contributed by atoms with E-state index in [0.29, 0.717) is 12.5 Å². The lowest BCUT2D eigenvalue weighted by Crippen LogP contribution is -2.33. The van der Waals surface area contributed by atoms with Gasteiger partial charge in [0.2, 0.25) is 0 Å². The molecule has 1 aromatic heterocycles. The van der Waals surface area contributed by atoms with Crippen LogP contribution in [0.2, 0.25) is 0 Å². The molecule has 0 atom stereocenters. The van der Waals surface area contributed by atoms with Crippen molar-refractivity contribution in [1.82, 2.24) is 10.3 Å². The first-order valence-corrected chi connectivity index (χ1v) is 10.2. The first-order chi connectivity index (χ1) is 13.7. The van der Waals surface area contributed by atoms with Gasteiger partial charge in [0.05, 0.1) is 24.4 Å². The lowest BCUT2D eigenvalue weighted by Gasteiger charge is -2.06. The number of thiazole rings is 1. The summed E-state index contributed by atoms with van der Waals surface area (Å²) >= 11 is 1.69. The molecule has 0 unspecified atom stereocenters. The third-order valence-corrected chi connectivity index (χ3v) is 5.32. The van der Waals surface area contributed by atoms with Gasteiger partial charge in [0, 0.05) is 18.3 Å². The fourth-order valence-electron chi connectivity index (χ4n) is 2.78. The van der Waals surface area contributed by atoms with Gasteiger partial charge in [-0.05, 0) is 36.1 Å². The van der Waals surface area contributed by atoms with Crippen LogP contribution in [0, 0.1) is 0 Å². The van der Waals surface area contributed by atoms with Gasteiger partial charge in [-0.2, -0.15) is 0 Å². The molecule has 5 nitrogen and oxygen atoms in total. The molecule has 3 aromatic rings. The van der Waals surface area contributed by atoms with Crippen molar-refractivity contribution >= 4 is 17.3 Å². The Morgan fingerprint density at radius 1 is 1.04 bits per heavy atom. The maximum Gasteiger partial charge on any atom is 0.188 e. The number of aromatic nitrogens is 1. The number of guanidine groups is 1. The summed E-state index contributed by atoms with van der Waals surface area (Å²) in [5.74, 6) is 1.32. The Morgan fingerprint density at radius 3 is 2.54 bits per heavy atom. The molecule has 6 heteroatoms. The molecule has 3 N–H and O–H groups in total. The number of hydrogen-bond acceptors (Lipinski definition) is 4. The molecule has 0 aliphatic heterocycles. The Kier molecular flexibility index (Phi) is 7.44. The van der Waals surface area contributed by atoms with E-state index in [1.165, 1.54) is 11.1 Å². The van der Waals surface area contributed by atoms with Gasteiger partial charge in [0.1, 0.15) is 5.75 Å². The average Bonchev–Trinajstić information content (AvgIpc) is 3.20. The Labute approximate surface area is 170 Å². The highest BCUT2D eigenvalue weighted by molar-refractivity contribution is 7.09. The molecule has 0 bridgehead atoms. The maximum atomic E-state index is 5.97. The topological polar surface area (TPSA) is 72.5 Å². The molecule has 0 saturated carbocycles. The Balaban J connectivity index is 1.40. The molecular formula is C22H26N4OS. The summed E-state index contributed by atoms with van der Waals surface area (Å²) in [6.07, 6.45) is 2.83. The average molecular weight is 395 g/mol. The lowest BCUT2D eigenvalue weighted by molar-refractivity contribution is 0.414.